The van der Waals surface area contributed by atoms with Gasteiger partial charge >= 0.3 is 27.6 Å². The van der Waals surface area contributed by atoms with Crippen molar-refractivity contribution >= 4 is 33.4 Å². The summed E-state index contributed by atoms with van der Waals surface area (Å²) in [5.74, 6) is -1.27. The molecule has 356 valence electrons. The van der Waals surface area contributed by atoms with E-state index in [2.05, 4.69) is 29.8 Å². The summed E-state index contributed by atoms with van der Waals surface area (Å²) in [6, 6.07) is 0. The standard InChI is InChI=1S/C43H78O16P2/c1-4-6-17-23-35(44)27-28-39-38(40(46)29-41(39)47)24-19-15-16-20-25-42(48)55-32-37(33-58-61(53,54)57-31-36(45)30-56-60(50,51)52)59-43(49)26-21-14-12-10-8-7-9-11-13-18-22-34(3)5-2/h15,19,27-28,34-40,44-46H,4-14,16-18,20-26,29-33H2,1-3H3,(H,53,54)(H2,50,51,52)/b19-15-,28-27+/t34?,35-,36-,37+,38+,39+,40-/m0/s1. The van der Waals surface area contributed by atoms with E-state index in [1.54, 1.807) is 12.2 Å². The average molecular weight is 913 g/mol. The van der Waals surface area contributed by atoms with Gasteiger partial charge in [0.25, 0.3) is 0 Å². The van der Waals surface area contributed by atoms with Crippen molar-refractivity contribution < 1.29 is 76.6 Å². The van der Waals surface area contributed by atoms with Crippen molar-refractivity contribution in [3.63, 3.8) is 0 Å². The van der Waals surface area contributed by atoms with Crippen molar-refractivity contribution in [2.24, 2.45) is 17.8 Å². The number of aliphatic hydroxyl groups excluding tert-OH is 3. The summed E-state index contributed by atoms with van der Waals surface area (Å²) in [7, 11) is -9.76. The Morgan fingerprint density at radius 1 is 0.754 bits per heavy atom. The number of phosphoric ester groups is 2. The van der Waals surface area contributed by atoms with Crippen LogP contribution in [-0.2, 0) is 46.6 Å². The smallest absolute Gasteiger partial charge is 0.462 e. The van der Waals surface area contributed by atoms with Gasteiger partial charge in [-0.3, -0.25) is 28.0 Å². The van der Waals surface area contributed by atoms with Crippen LogP contribution in [-0.4, -0.2) is 98.6 Å². The lowest BCUT2D eigenvalue weighted by Gasteiger charge is -2.20. The van der Waals surface area contributed by atoms with Crippen LogP contribution in [0.3, 0.4) is 0 Å². The number of phosphoric acid groups is 2. The second-order valence-corrected chi connectivity index (χ2v) is 19.1. The fraction of sp³-hybridized carbons (Fsp3) is 0.837. The predicted octanol–water partition coefficient (Wildman–Crippen LogP) is 7.95. The van der Waals surface area contributed by atoms with E-state index in [9.17, 15) is 43.7 Å². The molecular weight excluding hydrogens is 834 g/mol. The van der Waals surface area contributed by atoms with E-state index in [0.29, 0.717) is 32.1 Å². The first-order valence-corrected chi connectivity index (χ1v) is 25.6. The van der Waals surface area contributed by atoms with Crippen LogP contribution >= 0.6 is 15.6 Å². The van der Waals surface area contributed by atoms with E-state index < -0.39 is 84.3 Å². The number of aliphatic hydroxyl groups is 3. The van der Waals surface area contributed by atoms with E-state index in [1.165, 1.54) is 44.9 Å². The van der Waals surface area contributed by atoms with Crippen LogP contribution in [0.15, 0.2) is 24.3 Å². The number of carbonyl (C=O) groups is 3. The molecule has 1 aliphatic rings. The zero-order chi connectivity index (χ0) is 45.5. The molecular formula is C43H78O16P2. The molecule has 1 saturated carbocycles. The molecule has 0 aliphatic heterocycles. The highest BCUT2D eigenvalue weighted by Gasteiger charge is 2.39. The number of rotatable bonds is 38. The van der Waals surface area contributed by atoms with E-state index in [4.69, 9.17) is 23.8 Å². The van der Waals surface area contributed by atoms with Gasteiger partial charge < -0.3 is 39.5 Å². The second kappa shape index (κ2) is 33.7. The van der Waals surface area contributed by atoms with Crippen molar-refractivity contribution in [3.05, 3.63) is 24.3 Å². The molecule has 0 bridgehead atoms. The molecule has 18 heteroatoms. The van der Waals surface area contributed by atoms with Gasteiger partial charge in [-0.15, -0.1) is 0 Å². The monoisotopic (exact) mass is 912 g/mol. The summed E-state index contributed by atoms with van der Waals surface area (Å²) in [4.78, 5) is 65.4. The summed E-state index contributed by atoms with van der Waals surface area (Å²) in [5, 5.41) is 30.5. The molecule has 0 aromatic heterocycles. The third-order valence-electron chi connectivity index (χ3n) is 10.8. The van der Waals surface area contributed by atoms with Crippen LogP contribution in [0.2, 0.25) is 0 Å². The Bertz CT molecular complexity index is 1350. The maximum atomic E-state index is 12.7. The number of Topliss-reactive ketones (excluding diaryl/α,β-unsaturated/α-hetero) is 1. The molecule has 0 saturated heterocycles. The fourth-order valence-corrected chi connectivity index (χ4v) is 7.99. The lowest BCUT2D eigenvalue weighted by molar-refractivity contribution is -0.161. The highest BCUT2D eigenvalue weighted by atomic mass is 31.2. The number of esters is 2. The van der Waals surface area contributed by atoms with Crippen LogP contribution in [0.4, 0.5) is 0 Å². The third kappa shape index (κ3) is 30.8. The number of hydrogen-bond acceptors (Lipinski definition) is 13. The minimum Gasteiger partial charge on any atom is -0.462 e. The van der Waals surface area contributed by atoms with Crippen LogP contribution in [0.5, 0.6) is 0 Å². The van der Waals surface area contributed by atoms with Crippen LogP contribution in [0.25, 0.3) is 0 Å². The maximum absolute atomic E-state index is 12.7. The van der Waals surface area contributed by atoms with E-state index in [1.807, 2.05) is 12.2 Å². The van der Waals surface area contributed by atoms with Gasteiger partial charge in [0, 0.05) is 31.1 Å². The van der Waals surface area contributed by atoms with Crippen molar-refractivity contribution in [1.82, 2.24) is 0 Å². The zero-order valence-electron chi connectivity index (χ0n) is 36.9. The van der Waals surface area contributed by atoms with Crippen molar-refractivity contribution in [2.75, 3.05) is 26.4 Å². The Kier molecular flexibility index (Phi) is 31.6. The Labute approximate surface area is 364 Å². The number of carbonyl (C=O) groups excluding carboxylic acids is 3. The lowest BCUT2D eigenvalue weighted by atomic mass is 9.90. The summed E-state index contributed by atoms with van der Waals surface area (Å²) in [6.45, 7) is 3.67. The molecule has 0 heterocycles. The van der Waals surface area contributed by atoms with Gasteiger partial charge in [0.15, 0.2) is 6.10 Å². The van der Waals surface area contributed by atoms with Gasteiger partial charge in [0.05, 0.1) is 32.0 Å². The Morgan fingerprint density at radius 2 is 1.34 bits per heavy atom. The van der Waals surface area contributed by atoms with Crippen molar-refractivity contribution in [1.29, 1.82) is 0 Å². The minimum atomic E-state index is -4.89. The van der Waals surface area contributed by atoms with Gasteiger partial charge in [0.2, 0.25) is 0 Å². The molecule has 0 aromatic carbocycles. The van der Waals surface area contributed by atoms with Gasteiger partial charge in [-0.2, -0.15) is 0 Å². The summed E-state index contributed by atoms with van der Waals surface area (Å²) < 4.78 is 47.8. The number of unbranched alkanes of at least 4 members (excludes halogenated alkanes) is 12. The third-order valence-corrected chi connectivity index (χ3v) is 12.2. The first kappa shape index (κ1) is 57.2. The number of ketones is 1. The average Bonchev–Trinajstić information content (AvgIpc) is 3.48. The van der Waals surface area contributed by atoms with Crippen LogP contribution in [0.1, 0.15) is 162 Å². The first-order chi connectivity index (χ1) is 29.0. The Balaban J connectivity index is 2.57. The molecule has 6 N–H and O–H groups in total. The molecule has 61 heavy (non-hydrogen) atoms. The predicted molar refractivity (Wildman–Crippen MR) is 231 cm³/mol. The topological polar surface area (TPSA) is 253 Å². The Hall–Kier alpha value is -1.81. The number of hydrogen-bond donors (Lipinski definition) is 6. The molecule has 0 spiro atoms. The summed E-state index contributed by atoms with van der Waals surface area (Å²) in [5.41, 5.74) is 0. The van der Waals surface area contributed by atoms with Crippen LogP contribution in [0, 0.1) is 17.8 Å². The van der Waals surface area contributed by atoms with Gasteiger partial charge in [-0.25, -0.2) is 9.13 Å². The largest absolute Gasteiger partial charge is 0.472 e. The van der Waals surface area contributed by atoms with Crippen LogP contribution < -0.4 is 0 Å². The summed E-state index contributed by atoms with van der Waals surface area (Å²) in [6.07, 6.45) is 21.2. The molecule has 8 atom stereocenters. The number of allylic oxidation sites excluding steroid dienone is 3. The molecule has 0 amide bonds. The SMILES string of the molecule is CCCCC[C@H](O)/C=C/[C@H]1C(=O)C[C@H](O)[C@@H]1C/C=C\CCCC(=O)OC[C@H](COP(=O)(O)OC[C@@H](O)COP(=O)(O)O)OC(=O)CCCCCCCCCCCCC(C)CC. The molecule has 1 fully saturated rings. The maximum Gasteiger partial charge on any atom is 0.472 e. The molecule has 1 aliphatic carbocycles. The molecule has 16 nitrogen and oxygen atoms in total. The zero-order valence-corrected chi connectivity index (χ0v) is 38.7. The Morgan fingerprint density at radius 3 is 1.98 bits per heavy atom. The molecule has 0 aromatic rings. The van der Waals surface area contributed by atoms with E-state index in [-0.39, 0.29) is 31.0 Å². The van der Waals surface area contributed by atoms with Crippen molar-refractivity contribution in [2.45, 2.75) is 186 Å². The quantitative estimate of drug-likeness (QED) is 0.0149. The van der Waals surface area contributed by atoms with Gasteiger partial charge in [-0.1, -0.05) is 135 Å². The van der Waals surface area contributed by atoms with E-state index >= 15 is 0 Å². The highest BCUT2D eigenvalue weighted by molar-refractivity contribution is 7.47. The van der Waals surface area contributed by atoms with Gasteiger partial charge in [0.1, 0.15) is 18.5 Å². The van der Waals surface area contributed by atoms with Crippen molar-refractivity contribution in [3.8, 4) is 0 Å². The second-order valence-electron chi connectivity index (χ2n) is 16.4. The first-order valence-electron chi connectivity index (χ1n) is 22.5. The lowest BCUT2D eigenvalue weighted by Crippen LogP contribution is -2.30. The summed E-state index contributed by atoms with van der Waals surface area (Å²) >= 11 is 0. The number of ether oxygens (including phenoxy) is 2. The molecule has 0 radical (unpaired) electrons. The molecule has 2 unspecified atom stereocenters. The minimum absolute atomic E-state index is 0.00605. The molecule has 1 rings (SSSR count). The van der Waals surface area contributed by atoms with Gasteiger partial charge in [-0.05, 0) is 38.0 Å². The fourth-order valence-electron chi connectivity index (χ4n) is 6.83. The highest BCUT2D eigenvalue weighted by Crippen LogP contribution is 2.44. The normalized spacial score (nSPS) is 20.2. The van der Waals surface area contributed by atoms with E-state index in [0.717, 1.165) is 50.9 Å².